The van der Waals surface area contributed by atoms with Gasteiger partial charge in [-0.05, 0) is 12.1 Å². The number of nitrogens with zero attached hydrogens (tertiary/aromatic N) is 4. The van der Waals surface area contributed by atoms with Gasteiger partial charge in [-0.3, -0.25) is 0 Å². The van der Waals surface area contributed by atoms with Gasteiger partial charge in [0, 0.05) is 49.8 Å². The highest BCUT2D eigenvalue weighted by Crippen LogP contribution is 2.35. The lowest BCUT2D eigenvalue weighted by atomic mass is 10.0. The maximum Gasteiger partial charge on any atom is 0.205 e. The van der Waals surface area contributed by atoms with Crippen molar-refractivity contribution in [2.45, 2.75) is 0 Å². The van der Waals surface area contributed by atoms with Crippen molar-refractivity contribution in [2.24, 2.45) is 28.5 Å². The van der Waals surface area contributed by atoms with Gasteiger partial charge < -0.3 is 25.9 Å². The van der Waals surface area contributed by atoms with E-state index >= 15 is 0 Å². The predicted molar refractivity (Wildman–Crippen MR) is 89.3 cm³/mol. The molecule has 0 bridgehead atoms. The van der Waals surface area contributed by atoms with Crippen molar-refractivity contribution in [1.29, 1.82) is 0 Å². The van der Waals surface area contributed by atoms with Gasteiger partial charge in [0.05, 0.1) is 0 Å². The minimum atomic E-state index is 0.165. The van der Waals surface area contributed by atoms with Gasteiger partial charge in [0.2, 0.25) is 5.76 Å². The summed E-state index contributed by atoms with van der Waals surface area (Å²) >= 11 is 0. The van der Waals surface area contributed by atoms with E-state index in [1.807, 2.05) is 6.07 Å². The van der Waals surface area contributed by atoms with Gasteiger partial charge in [-0.25, -0.2) is 0 Å². The number of amidine groups is 1. The molecule has 23 heavy (non-hydrogen) atoms. The molecule has 2 aromatic rings. The molecule has 0 amide bonds. The van der Waals surface area contributed by atoms with Crippen LogP contribution in [0.1, 0.15) is 5.76 Å². The molecular weight excluding hydrogens is 292 g/mol. The molecule has 4 N–H and O–H groups in total. The highest BCUT2D eigenvalue weighted by atomic mass is 16.5. The molecule has 2 aliphatic rings. The fourth-order valence-corrected chi connectivity index (χ4v) is 3.63. The maximum atomic E-state index is 5.65. The molecule has 0 aliphatic carbocycles. The Balaban J connectivity index is 1.43. The molecule has 1 aromatic carbocycles. The van der Waals surface area contributed by atoms with Crippen LogP contribution in [-0.4, -0.2) is 37.2 Å². The zero-order valence-electron chi connectivity index (χ0n) is 12.8. The van der Waals surface area contributed by atoms with Crippen LogP contribution in [0.25, 0.3) is 0 Å². The Morgan fingerprint density at radius 2 is 1.74 bits per heavy atom. The van der Waals surface area contributed by atoms with E-state index in [4.69, 9.17) is 16.1 Å². The molecular formula is C16H20N6O. The topological polar surface area (TPSA) is 96.9 Å². The van der Waals surface area contributed by atoms with Gasteiger partial charge >= 0.3 is 0 Å². The Morgan fingerprint density at radius 1 is 1.09 bits per heavy atom. The Labute approximate surface area is 134 Å². The van der Waals surface area contributed by atoms with E-state index in [1.165, 1.54) is 5.69 Å². The molecule has 2 aliphatic heterocycles. The molecule has 7 nitrogen and oxygen atoms in total. The zero-order valence-corrected chi connectivity index (χ0v) is 12.8. The van der Waals surface area contributed by atoms with Crippen molar-refractivity contribution in [2.75, 3.05) is 36.0 Å². The van der Waals surface area contributed by atoms with E-state index in [1.54, 1.807) is 0 Å². The van der Waals surface area contributed by atoms with E-state index in [2.05, 4.69) is 50.4 Å². The number of nitrogens with two attached hydrogens (primary N) is 2. The second-order valence-electron chi connectivity index (χ2n) is 6.23. The van der Waals surface area contributed by atoms with E-state index in [-0.39, 0.29) is 5.84 Å². The third-order valence-electron chi connectivity index (χ3n) is 4.82. The van der Waals surface area contributed by atoms with Crippen LogP contribution in [0.2, 0.25) is 0 Å². The fraction of sp³-hybridized carbons (Fsp3) is 0.375. The second-order valence-corrected chi connectivity index (χ2v) is 6.23. The van der Waals surface area contributed by atoms with Crippen LogP contribution in [-0.2, 0) is 0 Å². The first-order valence-corrected chi connectivity index (χ1v) is 7.80. The normalized spacial score (nSPS) is 24.3. The van der Waals surface area contributed by atoms with Crippen molar-refractivity contribution >= 4 is 17.3 Å². The van der Waals surface area contributed by atoms with Gasteiger partial charge in [0.25, 0.3) is 0 Å². The lowest BCUT2D eigenvalue weighted by Crippen LogP contribution is -2.28. The fourth-order valence-electron chi connectivity index (χ4n) is 3.63. The lowest BCUT2D eigenvalue weighted by Gasteiger charge is -2.22. The van der Waals surface area contributed by atoms with Crippen LogP contribution >= 0.6 is 0 Å². The second kappa shape index (κ2) is 5.49. The number of hydrazone groups is 1. The molecule has 120 valence electrons. The molecule has 7 heteroatoms. The van der Waals surface area contributed by atoms with Gasteiger partial charge in [-0.15, -0.1) is 0 Å². The monoisotopic (exact) mass is 312 g/mol. The van der Waals surface area contributed by atoms with Crippen LogP contribution in [0.4, 0.5) is 11.5 Å². The van der Waals surface area contributed by atoms with Crippen LogP contribution in [0.15, 0.2) is 46.0 Å². The zero-order chi connectivity index (χ0) is 15.8. The standard InChI is InChI=1S/C16H20N6O/c17-16(19-18)14-6-15(20-23-14)22-9-11-7-21(8-12(11)10-22)13-4-2-1-3-5-13/h1-6,11-12H,7-10,18H2,(H2,17,19). The summed E-state index contributed by atoms with van der Waals surface area (Å²) in [5.41, 5.74) is 6.96. The molecule has 0 spiro atoms. The predicted octanol–water partition coefficient (Wildman–Crippen LogP) is 0.826. The summed E-state index contributed by atoms with van der Waals surface area (Å²) in [5, 5.41) is 7.53. The van der Waals surface area contributed by atoms with Crippen molar-refractivity contribution < 1.29 is 4.52 Å². The van der Waals surface area contributed by atoms with Crippen molar-refractivity contribution in [3.63, 3.8) is 0 Å². The minimum Gasteiger partial charge on any atom is -0.379 e. The van der Waals surface area contributed by atoms with Crippen LogP contribution in [0, 0.1) is 11.8 Å². The van der Waals surface area contributed by atoms with Gasteiger partial charge in [0.1, 0.15) is 0 Å². The highest BCUT2D eigenvalue weighted by molar-refractivity contribution is 5.95. The average Bonchev–Trinajstić information content (AvgIpc) is 3.28. The van der Waals surface area contributed by atoms with Crippen molar-refractivity contribution in [1.82, 2.24) is 5.16 Å². The summed E-state index contributed by atoms with van der Waals surface area (Å²) in [5.74, 6) is 7.87. The molecule has 2 fully saturated rings. The molecule has 2 saturated heterocycles. The van der Waals surface area contributed by atoms with Crippen molar-refractivity contribution in [3.05, 3.63) is 42.2 Å². The number of anilines is 2. The number of benzene rings is 1. The number of hydrogen-bond donors (Lipinski definition) is 2. The summed E-state index contributed by atoms with van der Waals surface area (Å²) in [6, 6.07) is 12.4. The molecule has 0 radical (unpaired) electrons. The van der Waals surface area contributed by atoms with E-state index in [9.17, 15) is 0 Å². The Morgan fingerprint density at radius 3 is 2.39 bits per heavy atom. The van der Waals surface area contributed by atoms with Gasteiger partial charge in [0.15, 0.2) is 11.7 Å². The minimum absolute atomic E-state index is 0.165. The summed E-state index contributed by atoms with van der Waals surface area (Å²) in [4.78, 5) is 4.73. The molecule has 4 rings (SSSR count). The number of hydrogen-bond acceptors (Lipinski definition) is 6. The Hall–Kier alpha value is -2.70. The summed E-state index contributed by atoms with van der Waals surface area (Å²) < 4.78 is 5.20. The molecule has 2 atom stereocenters. The lowest BCUT2D eigenvalue weighted by molar-refractivity contribution is 0.412. The maximum absolute atomic E-state index is 5.65. The molecule has 3 heterocycles. The quantitative estimate of drug-likeness (QED) is 0.377. The largest absolute Gasteiger partial charge is 0.379 e. The van der Waals surface area contributed by atoms with Gasteiger partial charge in [-0.2, -0.15) is 5.10 Å². The van der Waals surface area contributed by atoms with Crippen LogP contribution in [0.5, 0.6) is 0 Å². The SMILES string of the molecule is N/N=C(\N)c1cc(N2CC3CN(c4ccccc4)CC3C2)no1. The Kier molecular flexibility index (Phi) is 3.33. The van der Waals surface area contributed by atoms with Crippen LogP contribution < -0.4 is 21.4 Å². The summed E-state index contributed by atoms with van der Waals surface area (Å²) in [6.07, 6.45) is 0. The number of rotatable bonds is 3. The van der Waals surface area contributed by atoms with E-state index in [0.717, 1.165) is 32.0 Å². The smallest absolute Gasteiger partial charge is 0.205 e. The third-order valence-corrected chi connectivity index (χ3v) is 4.82. The van der Waals surface area contributed by atoms with Gasteiger partial charge in [-0.1, -0.05) is 23.4 Å². The summed E-state index contributed by atoms with van der Waals surface area (Å²) in [6.45, 7) is 4.14. The molecule has 2 unspecified atom stereocenters. The Bertz CT molecular complexity index is 698. The molecule has 0 saturated carbocycles. The van der Waals surface area contributed by atoms with Crippen LogP contribution in [0.3, 0.4) is 0 Å². The van der Waals surface area contributed by atoms with E-state index in [0.29, 0.717) is 17.6 Å². The number of aromatic nitrogens is 1. The average molecular weight is 312 g/mol. The summed E-state index contributed by atoms with van der Waals surface area (Å²) in [7, 11) is 0. The third kappa shape index (κ3) is 2.48. The van der Waals surface area contributed by atoms with E-state index < -0.39 is 0 Å². The first kappa shape index (κ1) is 13.9. The van der Waals surface area contributed by atoms with Crippen molar-refractivity contribution in [3.8, 4) is 0 Å². The first-order chi connectivity index (χ1) is 11.2. The number of para-hydroxylation sites is 1. The highest BCUT2D eigenvalue weighted by Gasteiger charge is 2.40. The molecule has 1 aromatic heterocycles. The first-order valence-electron chi connectivity index (χ1n) is 7.80. The number of fused-ring (bicyclic) bond motifs is 1.